The number of carbonyl (C=O) groups excluding carboxylic acids is 3. The van der Waals surface area contributed by atoms with Crippen LogP contribution in [0.3, 0.4) is 0 Å². The molecule has 0 atom stereocenters. The summed E-state index contributed by atoms with van der Waals surface area (Å²) >= 11 is 0. The number of cyclic esters (lactones) is 2. The smallest absolute Gasteiger partial charge is 0.346 e. The summed E-state index contributed by atoms with van der Waals surface area (Å²) in [6.07, 6.45) is 0. The average Bonchev–Trinajstić information content (AvgIpc) is 2.43. The number of fused-ring (bicyclic) bond motifs is 1. The second kappa shape index (κ2) is 4.50. The second-order valence-electron chi connectivity index (χ2n) is 3.13. The van der Waals surface area contributed by atoms with Crippen LogP contribution in [0.4, 0.5) is 0 Å². The fourth-order valence-electron chi connectivity index (χ4n) is 1.03. The van der Waals surface area contributed by atoms with Crippen molar-refractivity contribution in [2.24, 2.45) is 0 Å². The van der Waals surface area contributed by atoms with Crippen molar-refractivity contribution in [3.63, 3.8) is 0 Å². The molecule has 0 aromatic heterocycles. The Kier molecular flexibility index (Phi) is 3.33. The third-order valence-corrected chi connectivity index (χ3v) is 1.55. The van der Waals surface area contributed by atoms with E-state index in [2.05, 4.69) is 4.74 Å². The summed E-state index contributed by atoms with van der Waals surface area (Å²) in [5, 5.41) is 0. The molecule has 0 fully saturated rings. The number of ketones is 1. The average molecular weight is 206 g/mol. The standard InChI is InChI=1S/C8H4O3.C3H6O/c9-7-5-3-1-2-4-6(5)8(10)11-7;1-3(2)4/h1-4H;1-2H3. The summed E-state index contributed by atoms with van der Waals surface area (Å²) in [4.78, 5) is 31.1. The van der Waals surface area contributed by atoms with Crippen LogP contribution in [0.5, 0.6) is 0 Å². The predicted octanol–water partition coefficient (Wildman–Crippen LogP) is 1.59. The zero-order chi connectivity index (χ0) is 11.4. The van der Waals surface area contributed by atoms with Gasteiger partial charge in [-0.25, -0.2) is 9.59 Å². The van der Waals surface area contributed by atoms with E-state index < -0.39 is 11.9 Å². The van der Waals surface area contributed by atoms with E-state index in [0.717, 1.165) is 0 Å². The molecular formula is C11H10O4. The SMILES string of the molecule is CC(C)=O.O=C1OC(=O)c2ccccc21. The number of esters is 2. The fourth-order valence-corrected chi connectivity index (χ4v) is 1.03. The Morgan fingerprint density at radius 2 is 1.33 bits per heavy atom. The molecule has 0 radical (unpaired) electrons. The van der Waals surface area contributed by atoms with Gasteiger partial charge in [-0.15, -0.1) is 0 Å². The van der Waals surface area contributed by atoms with E-state index in [0.29, 0.717) is 11.1 Å². The van der Waals surface area contributed by atoms with Crippen LogP contribution in [0.2, 0.25) is 0 Å². The minimum atomic E-state index is -0.550. The van der Waals surface area contributed by atoms with Gasteiger partial charge in [0.2, 0.25) is 0 Å². The largest absolute Gasteiger partial charge is 0.386 e. The lowest BCUT2D eigenvalue weighted by Gasteiger charge is -1.86. The summed E-state index contributed by atoms with van der Waals surface area (Å²) in [5.74, 6) is -0.934. The Morgan fingerprint density at radius 1 is 1.00 bits per heavy atom. The van der Waals surface area contributed by atoms with Gasteiger partial charge in [-0.3, -0.25) is 0 Å². The number of hydrogen-bond acceptors (Lipinski definition) is 4. The molecule has 1 aromatic carbocycles. The van der Waals surface area contributed by atoms with Gasteiger partial charge >= 0.3 is 11.9 Å². The van der Waals surface area contributed by atoms with Gasteiger partial charge in [0.1, 0.15) is 5.78 Å². The third kappa shape index (κ3) is 2.74. The minimum absolute atomic E-state index is 0.167. The lowest BCUT2D eigenvalue weighted by atomic mass is 10.1. The number of carbonyl (C=O) groups is 3. The van der Waals surface area contributed by atoms with Crippen LogP contribution in [0.1, 0.15) is 34.6 Å². The molecule has 0 spiro atoms. The normalized spacial score (nSPS) is 12.4. The molecule has 0 bridgehead atoms. The molecule has 0 saturated heterocycles. The van der Waals surface area contributed by atoms with Crippen LogP contribution >= 0.6 is 0 Å². The molecule has 1 heterocycles. The zero-order valence-corrected chi connectivity index (χ0v) is 8.44. The maximum absolute atomic E-state index is 10.8. The molecule has 4 nitrogen and oxygen atoms in total. The van der Waals surface area contributed by atoms with E-state index in [1.54, 1.807) is 24.3 Å². The van der Waals surface area contributed by atoms with Crippen LogP contribution < -0.4 is 0 Å². The van der Waals surface area contributed by atoms with Crippen molar-refractivity contribution < 1.29 is 19.1 Å². The number of benzene rings is 1. The van der Waals surface area contributed by atoms with Crippen molar-refractivity contribution in [3.05, 3.63) is 35.4 Å². The summed E-state index contributed by atoms with van der Waals surface area (Å²) in [7, 11) is 0. The van der Waals surface area contributed by atoms with Crippen molar-refractivity contribution in [2.75, 3.05) is 0 Å². The van der Waals surface area contributed by atoms with Crippen LogP contribution in [0.25, 0.3) is 0 Å². The Balaban J connectivity index is 0.000000245. The summed E-state index contributed by atoms with van der Waals surface area (Å²) in [6.45, 7) is 3.06. The molecule has 0 saturated carbocycles. The lowest BCUT2D eigenvalue weighted by molar-refractivity contribution is -0.115. The molecule has 1 aromatic rings. The number of hydrogen-bond donors (Lipinski definition) is 0. The predicted molar refractivity (Wildman–Crippen MR) is 52.5 cm³/mol. The van der Waals surface area contributed by atoms with Gasteiger partial charge in [0, 0.05) is 0 Å². The zero-order valence-electron chi connectivity index (χ0n) is 8.44. The van der Waals surface area contributed by atoms with Crippen molar-refractivity contribution in [3.8, 4) is 0 Å². The second-order valence-corrected chi connectivity index (χ2v) is 3.13. The Bertz CT molecular complexity index is 383. The molecule has 0 aliphatic carbocycles. The first-order valence-electron chi connectivity index (χ1n) is 4.35. The van der Waals surface area contributed by atoms with Gasteiger partial charge in [-0.1, -0.05) is 12.1 Å². The maximum Gasteiger partial charge on any atom is 0.346 e. The van der Waals surface area contributed by atoms with E-state index in [1.165, 1.54) is 13.8 Å². The maximum atomic E-state index is 10.8. The molecule has 1 aliphatic heterocycles. The topological polar surface area (TPSA) is 60.4 Å². The highest BCUT2D eigenvalue weighted by Gasteiger charge is 2.28. The summed E-state index contributed by atoms with van der Waals surface area (Å²) in [5.41, 5.74) is 0.718. The Hall–Kier alpha value is -1.97. The van der Waals surface area contributed by atoms with Gasteiger partial charge < -0.3 is 9.53 Å². The van der Waals surface area contributed by atoms with E-state index in [-0.39, 0.29) is 5.78 Å². The summed E-state index contributed by atoms with van der Waals surface area (Å²) in [6, 6.07) is 6.53. The molecule has 1 aliphatic rings. The van der Waals surface area contributed by atoms with Crippen molar-refractivity contribution in [1.82, 2.24) is 0 Å². The van der Waals surface area contributed by atoms with Crippen LogP contribution in [-0.2, 0) is 9.53 Å². The molecule has 0 unspecified atom stereocenters. The molecule has 0 N–H and O–H groups in total. The molecule has 2 rings (SSSR count). The molecule has 4 heteroatoms. The highest BCUT2D eigenvalue weighted by atomic mass is 16.6. The number of ether oxygens (including phenoxy) is 1. The van der Waals surface area contributed by atoms with Crippen molar-refractivity contribution >= 4 is 17.7 Å². The fraction of sp³-hybridized carbons (Fsp3) is 0.182. The van der Waals surface area contributed by atoms with E-state index in [1.807, 2.05) is 0 Å². The van der Waals surface area contributed by atoms with Crippen LogP contribution in [0.15, 0.2) is 24.3 Å². The lowest BCUT2D eigenvalue weighted by Crippen LogP contribution is -1.96. The summed E-state index contributed by atoms with van der Waals surface area (Å²) < 4.78 is 4.35. The number of rotatable bonds is 0. The van der Waals surface area contributed by atoms with E-state index >= 15 is 0 Å². The first-order chi connectivity index (χ1) is 7.02. The van der Waals surface area contributed by atoms with Crippen LogP contribution in [-0.4, -0.2) is 17.7 Å². The van der Waals surface area contributed by atoms with Gasteiger partial charge in [-0.05, 0) is 26.0 Å². The van der Waals surface area contributed by atoms with Crippen molar-refractivity contribution in [2.45, 2.75) is 13.8 Å². The quantitative estimate of drug-likeness (QED) is 0.477. The molecule has 0 amide bonds. The van der Waals surface area contributed by atoms with E-state index in [9.17, 15) is 14.4 Å². The molecule has 15 heavy (non-hydrogen) atoms. The van der Waals surface area contributed by atoms with Gasteiger partial charge in [0.05, 0.1) is 11.1 Å². The highest BCUT2D eigenvalue weighted by Crippen LogP contribution is 2.18. The third-order valence-electron chi connectivity index (χ3n) is 1.55. The first kappa shape index (κ1) is 11.1. The highest BCUT2D eigenvalue weighted by molar-refractivity contribution is 6.14. The molecular weight excluding hydrogens is 196 g/mol. The minimum Gasteiger partial charge on any atom is -0.386 e. The van der Waals surface area contributed by atoms with Gasteiger partial charge in [0.15, 0.2) is 0 Å². The Labute approximate surface area is 86.9 Å². The van der Waals surface area contributed by atoms with Gasteiger partial charge in [-0.2, -0.15) is 0 Å². The van der Waals surface area contributed by atoms with Crippen LogP contribution in [0, 0.1) is 0 Å². The Morgan fingerprint density at radius 3 is 1.67 bits per heavy atom. The first-order valence-corrected chi connectivity index (χ1v) is 4.35. The van der Waals surface area contributed by atoms with Crippen molar-refractivity contribution in [1.29, 1.82) is 0 Å². The molecule has 78 valence electrons. The van der Waals surface area contributed by atoms with Gasteiger partial charge in [0.25, 0.3) is 0 Å². The monoisotopic (exact) mass is 206 g/mol. The van der Waals surface area contributed by atoms with E-state index in [4.69, 9.17) is 0 Å². The number of Topliss-reactive ketones (excluding diaryl/α,β-unsaturated/α-hetero) is 1.